The Morgan fingerprint density at radius 2 is 1.89 bits per heavy atom. The van der Waals surface area contributed by atoms with Crippen molar-refractivity contribution in [1.82, 2.24) is 33.6 Å². The van der Waals surface area contributed by atoms with Gasteiger partial charge in [0.25, 0.3) is 5.56 Å². The van der Waals surface area contributed by atoms with Crippen LogP contribution in [0.4, 0.5) is 5.95 Å². The SMILES string of the molecule is CC#CCn1c(N2CCC[C@@H](N(C)C)C2)nc2c1c(=O)n(Cc1nc(C)c3ccccc3n1)c(=O)n2C. The number of aromatic nitrogens is 6. The van der Waals surface area contributed by atoms with Crippen molar-refractivity contribution in [3.63, 3.8) is 0 Å². The normalized spacial score (nSPS) is 15.9. The molecule has 5 rings (SSSR count). The van der Waals surface area contributed by atoms with E-state index in [-0.39, 0.29) is 6.54 Å². The van der Waals surface area contributed by atoms with Crippen molar-refractivity contribution in [2.45, 2.75) is 45.8 Å². The van der Waals surface area contributed by atoms with Gasteiger partial charge in [-0.25, -0.2) is 14.8 Å². The van der Waals surface area contributed by atoms with Crippen molar-refractivity contribution in [3.8, 4) is 11.8 Å². The summed E-state index contributed by atoms with van der Waals surface area (Å²) in [7, 11) is 5.82. The lowest BCUT2D eigenvalue weighted by atomic mass is 10.1. The third kappa shape index (κ3) is 4.40. The van der Waals surface area contributed by atoms with Crippen LogP contribution in [0.25, 0.3) is 22.1 Å². The molecular formula is C27H32N8O2. The van der Waals surface area contributed by atoms with Crippen LogP contribution in [0.1, 0.15) is 31.3 Å². The molecule has 0 spiro atoms. The van der Waals surface area contributed by atoms with Crippen LogP contribution >= 0.6 is 0 Å². The molecule has 1 aromatic carbocycles. The Balaban J connectivity index is 1.66. The molecule has 0 radical (unpaired) electrons. The summed E-state index contributed by atoms with van der Waals surface area (Å²) in [5, 5.41) is 0.945. The van der Waals surface area contributed by atoms with E-state index in [1.807, 2.05) is 35.8 Å². The van der Waals surface area contributed by atoms with Crippen molar-refractivity contribution < 1.29 is 0 Å². The molecule has 0 aliphatic carbocycles. The molecule has 1 atom stereocenters. The molecular weight excluding hydrogens is 468 g/mol. The fourth-order valence-electron chi connectivity index (χ4n) is 5.11. The maximum atomic E-state index is 13.9. The summed E-state index contributed by atoms with van der Waals surface area (Å²) in [6.07, 6.45) is 2.13. The average molecular weight is 501 g/mol. The van der Waals surface area contributed by atoms with E-state index in [9.17, 15) is 9.59 Å². The van der Waals surface area contributed by atoms with E-state index < -0.39 is 11.2 Å². The number of fused-ring (bicyclic) bond motifs is 2. The van der Waals surface area contributed by atoms with Crippen molar-refractivity contribution in [2.24, 2.45) is 7.05 Å². The fraction of sp³-hybridized carbons (Fsp3) is 0.444. The molecule has 4 aromatic rings. The molecule has 10 heteroatoms. The highest BCUT2D eigenvalue weighted by molar-refractivity contribution is 5.80. The maximum Gasteiger partial charge on any atom is 0.332 e. The highest BCUT2D eigenvalue weighted by atomic mass is 16.2. The minimum atomic E-state index is -0.450. The Labute approximate surface area is 215 Å². The quantitative estimate of drug-likeness (QED) is 0.386. The van der Waals surface area contributed by atoms with Crippen LogP contribution in [0.3, 0.4) is 0 Å². The molecule has 4 heterocycles. The minimum Gasteiger partial charge on any atom is -0.341 e. The van der Waals surface area contributed by atoms with Crippen molar-refractivity contribution in [2.75, 3.05) is 32.1 Å². The molecule has 0 unspecified atom stereocenters. The lowest BCUT2D eigenvalue weighted by Crippen LogP contribution is -2.46. The Hall–Kier alpha value is -3.97. The van der Waals surface area contributed by atoms with Gasteiger partial charge in [0.05, 0.1) is 18.6 Å². The summed E-state index contributed by atoms with van der Waals surface area (Å²) >= 11 is 0. The van der Waals surface area contributed by atoms with E-state index in [0.717, 1.165) is 42.5 Å². The van der Waals surface area contributed by atoms with Gasteiger partial charge >= 0.3 is 5.69 Å². The summed E-state index contributed by atoms with van der Waals surface area (Å²) in [5.74, 6) is 7.11. The molecule has 3 aromatic heterocycles. The van der Waals surface area contributed by atoms with E-state index in [1.54, 1.807) is 14.0 Å². The Morgan fingerprint density at radius 1 is 1.11 bits per heavy atom. The standard InChI is InChI=1S/C27H32N8O2/c1-6-7-15-34-23-24(30-26(34)33-14-10-11-19(16-33)31(3)4)32(5)27(37)35(25(23)36)17-22-28-18(2)20-12-8-9-13-21(20)29-22/h8-9,12-13,19H,10-11,14-17H2,1-5H3/t19-/m1/s1. The third-order valence-corrected chi connectivity index (χ3v) is 7.18. The number of imidazole rings is 1. The van der Waals surface area contributed by atoms with E-state index >= 15 is 0 Å². The van der Waals surface area contributed by atoms with Crippen LogP contribution in [0.2, 0.25) is 0 Å². The monoisotopic (exact) mass is 500 g/mol. The van der Waals surface area contributed by atoms with Crippen LogP contribution in [-0.2, 0) is 20.1 Å². The van der Waals surface area contributed by atoms with Gasteiger partial charge < -0.3 is 9.80 Å². The highest BCUT2D eigenvalue weighted by Gasteiger charge is 2.28. The van der Waals surface area contributed by atoms with Gasteiger partial charge in [0.15, 0.2) is 11.2 Å². The molecule has 1 fully saturated rings. The molecule has 1 aliphatic rings. The Kier molecular flexibility index (Phi) is 6.56. The van der Waals surface area contributed by atoms with Crippen LogP contribution < -0.4 is 16.1 Å². The lowest BCUT2D eigenvalue weighted by Gasteiger charge is -2.36. The number of hydrogen-bond acceptors (Lipinski definition) is 7. The third-order valence-electron chi connectivity index (χ3n) is 7.18. The second-order valence-electron chi connectivity index (χ2n) is 9.78. The average Bonchev–Trinajstić information content (AvgIpc) is 3.28. The molecule has 192 valence electrons. The number of hydrogen-bond donors (Lipinski definition) is 0. The van der Waals surface area contributed by atoms with Crippen molar-refractivity contribution in [3.05, 3.63) is 56.6 Å². The van der Waals surface area contributed by atoms with Gasteiger partial charge in [0, 0.05) is 37.3 Å². The maximum absolute atomic E-state index is 13.9. The van der Waals surface area contributed by atoms with E-state index in [2.05, 4.69) is 45.7 Å². The van der Waals surface area contributed by atoms with E-state index in [4.69, 9.17) is 4.98 Å². The molecule has 37 heavy (non-hydrogen) atoms. The second-order valence-corrected chi connectivity index (χ2v) is 9.78. The highest BCUT2D eigenvalue weighted by Crippen LogP contribution is 2.24. The number of aryl methyl sites for hydroxylation is 2. The first-order chi connectivity index (χ1) is 17.8. The van der Waals surface area contributed by atoms with Crippen molar-refractivity contribution >= 4 is 28.0 Å². The molecule has 1 aliphatic heterocycles. The second kappa shape index (κ2) is 9.82. The number of likely N-dealkylation sites (N-methyl/N-ethyl adjacent to an activating group) is 1. The summed E-state index contributed by atoms with van der Waals surface area (Å²) in [4.78, 5) is 45.7. The smallest absolute Gasteiger partial charge is 0.332 e. The van der Waals surface area contributed by atoms with Gasteiger partial charge in [-0.2, -0.15) is 4.98 Å². The Morgan fingerprint density at radius 3 is 2.65 bits per heavy atom. The first-order valence-corrected chi connectivity index (χ1v) is 12.5. The number of rotatable bonds is 5. The van der Waals surface area contributed by atoms with Gasteiger partial charge in [0.2, 0.25) is 5.95 Å². The van der Waals surface area contributed by atoms with Crippen molar-refractivity contribution in [1.29, 1.82) is 0 Å². The largest absolute Gasteiger partial charge is 0.341 e. The molecule has 0 bridgehead atoms. The van der Waals surface area contributed by atoms with E-state index in [0.29, 0.717) is 35.5 Å². The zero-order chi connectivity index (χ0) is 26.3. The number of benzene rings is 1. The number of nitrogens with zero attached hydrogens (tertiary/aromatic N) is 8. The lowest BCUT2D eigenvalue weighted by molar-refractivity contribution is 0.256. The number of anilines is 1. The van der Waals surface area contributed by atoms with Gasteiger partial charge in [-0.05, 0) is 46.9 Å². The zero-order valence-corrected chi connectivity index (χ0v) is 22.0. The van der Waals surface area contributed by atoms with Crippen LogP contribution in [-0.4, -0.2) is 66.8 Å². The first-order valence-electron chi connectivity index (χ1n) is 12.5. The van der Waals surface area contributed by atoms with Gasteiger partial charge in [0.1, 0.15) is 5.82 Å². The fourth-order valence-corrected chi connectivity index (χ4v) is 5.11. The zero-order valence-electron chi connectivity index (χ0n) is 22.0. The molecule has 1 saturated heterocycles. The topological polar surface area (TPSA) is 94.1 Å². The van der Waals surface area contributed by atoms with Gasteiger partial charge in [-0.15, -0.1) is 5.92 Å². The summed E-state index contributed by atoms with van der Waals surface area (Å²) in [5.41, 5.74) is 1.45. The number of para-hydroxylation sites is 1. The summed E-state index contributed by atoms with van der Waals surface area (Å²) in [6, 6.07) is 8.09. The molecule has 0 N–H and O–H groups in total. The van der Waals surface area contributed by atoms with Gasteiger partial charge in [-0.1, -0.05) is 24.1 Å². The predicted molar refractivity (Wildman–Crippen MR) is 145 cm³/mol. The van der Waals surface area contributed by atoms with E-state index in [1.165, 1.54) is 9.13 Å². The first kappa shape index (κ1) is 24.7. The van der Waals surface area contributed by atoms with Gasteiger partial charge in [-0.3, -0.25) is 18.5 Å². The molecule has 0 saturated carbocycles. The predicted octanol–water partition coefficient (Wildman–Crippen LogP) is 1.75. The minimum absolute atomic E-state index is 0.0283. The number of piperidine rings is 1. The Bertz CT molecular complexity index is 1670. The van der Waals surface area contributed by atoms with Crippen LogP contribution in [0, 0.1) is 18.8 Å². The molecule has 0 amide bonds. The van der Waals surface area contributed by atoms with Crippen LogP contribution in [0.15, 0.2) is 33.9 Å². The van der Waals surface area contributed by atoms with Crippen LogP contribution in [0.5, 0.6) is 0 Å². The molecule has 10 nitrogen and oxygen atoms in total. The summed E-state index contributed by atoms with van der Waals surface area (Å²) < 4.78 is 4.50. The summed E-state index contributed by atoms with van der Waals surface area (Å²) in [6.45, 7) is 5.59.